The van der Waals surface area contributed by atoms with Gasteiger partial charge in [0, 0.05) is 32.7 Å². The van der Waals surface area contributed by atoms with Gasteiger partial charge in [-0.1, -0.05) is 0 Å². The first-order valence-corrected chi connectivity index (χ1v) is 4.70. The average molecular weight is 182 g/mol. The number of nitrogens with zero attached hydrogens (tertiary/aromatic N) is 3. The van der Waals surface area contributed by atoms with Crippen molar-refractivity contribution in [2.75, 3.05) is 18.0 Å². The fraction of sp³-hybridized carbons (Fsp3) is 0.667. The molecule has 0 radical (unpaired) electrons. The van der Waals surface area contributed by atoms with Gasteiger partial charge < -0.3 is 10.6 Å². The van der Waals surface area contributed by atoms with Gasteiger partial charge in [0.1, 0.15) is 5.82 Å². The Morgan fingerprint density at radius 3 is 2.46 bits per heavy atom. The average Bonchev–Trinajstić information content (AvgIpc) is 2.50. The summed E-state index contributed by atoms with van der Waals surface area (Å²) in [4.78, 5) is 2.26. The second kappa shape index (κ2) is 4.28. The van der Waals surface area contributed by atoms with Crippen LogP contribution in [0.1, 0.15) is 19.5 Å². The van der Waals surface area contributed by atoms with Crippen molar-refractivity contribution in [3.05, 3.63) is 11.8 Å². The van der Waals surface area contributed by atoms with Crippen molar-refractivity contribution in [1.82, 2.24) is 9.78 Å². The minimum atomic E-state index is 0.509. The van der Waals surface area contributed by atoms with Crippen LogP contribution in [0.25, 0.3) is 0 Å². The van der Waals surface area contributed by atoms with Gasteiger partial charge in [-0.2, -0.15) is 5.10 Å². The molecule has 0 aromatic carbocycles. The van der Waals surface area contributed by atoms with Crippen molar-refractivity contribution in [2.45, 2.75) is 20.4 Å². The molecule has 0 aliphatic carbocycles. The number of hydrogen-bond acceptors (Lipinski definition) is 3. The molecule has 1 aromatic rings. The molecule has 74 valence electrons. The Hall–Kier alpha value is -1.03. The highest BCUT2D eigenvalue weighted by Crippen LogP contribution is 2.14. The summed E-state index contributed by atoms with van der Waals surface area (Å²) in [6, 6.07) is 2.05. The third-order valence-corrected chi connectivity index (χ3v) is 2.20. The lowest BCUT2D eigenvalue weighted by Crippen LogP contribution is -2.24. The summed E-state index contributed by atoms with van der Waals surface area (Å²) in [6.07, 6.45) is 0. The molecule has 0 amide bonds. The van der Waals surface area contributed by atoms with E-state index in [-0.39, 0.29) is 0 Å². The van der Waals surface area contributed by atoms with Crippen LogP contribution in [0.5, 0.6) is 0 Å². The van der Waals surface area contributed by atoms with Gasteiger partial charge in [-0.25, -0.2) is 0 Å². The smallest absolute Gasteiger partial charge is 0.126 e. The highest BCUT2D eigenvalue weighted by molar-refractivity contribution is 5.40. The Morgan fingerprint density at radius 1 is 1.46 bits per heavy atom. The van der Waals surface area contributed by atoms with Crippen LogP contribution in [0.15, 0.2) is 6.07 Å². The van der Waals surface area contributed by atoms with Gasteiger partial charge in [0.15, 0.2) is 0 Å². The van der Waals surface area contributed by atoms with Crippen molar-refractivity contribution >= 4 is 5.82 Å². The maximum absolute atomic E-state index is 5.52. The zero-order valence-corrected chi connectivity index (χ0v) is 8.62. The van der Waals surface area contributed by atoms with E-state index in [9.17, 15) is 0 Å². The molecule has 0 unspecified atom stereocenters. The Morgan fingerprint density at radius 2 is 2.08 bits per heavy atom. The molecule has 1 aromatic heterocycles. The van der Waals surface area contributed by atoms with Crippen molar-refractivity contribution in [1.29, 1.82) is 0 Å². The molecule has 0 spiro atoms. The summed E-state index contributed by atoms with van der Waals surface area (Å²) in [6.45, 7) is 6.78. The molecule has 0 fully saturated rings. The van der Waals surface area contributed by atoms with Crippen LogP contribution < -0.4 is 10.6 Å². The van der Waals surface area contributed by atoms with E-state index in [1.54, 1.807) is 0 Å². The predicted molar refractivity (Wildman–Crippen MR) is 54.7 cm³/mol. The third-order valence-electron chi connectivity index (χ3n) is 2.20. The van der Waals surface area contributed by atoms with Gasteiger partial charge in [-0.3, -0.25) is 4.68 Å². The number of aromatic nitrogens is 2. The lowest BCUT2D eigenvalue weighted by Gasteiger charge is -2.19. The van der Waals surface area contributed by atoms with Gasteiger partial charge in [-0.15, -0.1) is 0 Å². The third kappa shape index (κ3) is 2.01. The van der Waals surface area contributed by atoms with E-state index < -0.39 is 0 Å². The first kappa shape index (κ1) is 10.1. The van der Waals surface area contributed by atoms with Gasteiger partial charge in [0.2, 0.25) is 0 Å². The molecule has 0 saturated heterocycles. The molecule has 1 rings (SSSR count). The lowest BCUT2D eigenvalue weighted by molar-refractivity contribution is 0.708. The number of aryl methyl sites for hydroxylation is 1. The first-order valence-electron chi connectivity index (χ1n) is 4.70. The summed E-state index contributed by atoms with van der Waals surface area (Å²) in [5.41, 5.74) is 6.47. The summed E-state index contributed by atoms with van der Waals surface area (Å²) < 4.78 is 1.88. The van der Waals surface area contributed by atoms with Crippen molar-refractivity contribution in [3.8, 4) is 0 Å². The molecule has 4 nitrogen and oxygen atoms in total. The monoisotopic (exact) mass is 182 g/mol. The highest BCUT2D eigenvalue weighted by atomic mass is 15.4. The number of hydrogen-bond donors (Lipinski definition) is 1. The quantitative estimate of drug-likeness (QED) is 0.746. The molecule has 2 N–H and O–H groups in total. The molecule has 13 heavy (non-hydrogen) atoms. The SMILES string of the molecule is CCN(CC)c1cc(CN)nn1C. The summed E-state index contributed by atoms with van der Waals surface area (Å²) in [5.74, 6) is 1.14. The number of nitrogens with two attached hydrogens (primary N) is 1. The van der Waals surface area contributed by atoms with Crippen LogP contribution in [0.4, 0.5) is 5.82 Å². The van der Waals surface area contributed by atoms with Gasteiger partial charge >= 0.3 is 0 Å². The van der Waals surface area contributed by atoms with E-state index in [4.69, 9.17) is 5.73 Å². The van der Waals surface area contributed by atoms with Crippen LogP contribution in [0, 0.1) is 0 Å². The first-order chi connectivity index (χ1) is 6.22. The van der Waals surface area contributed by atoms with Crippen molar-refractivity contribution in [3.63, 3.8) is 0 Å². The maximum Gasteiger partial charge on any atom is 0.126 e. The Labute approximate surface area is 79.3 Å². The van der Waals surface area contributed by atoms with Crippen molar-refractivity contribution < 1.29 is 0 Å². The van der Waals surface area contributed by atoms with Gasteiger partial charge in [0.25, 0.3) is 0 Å². The van der Waals surface area contributed by atoms with Gasteiger partial charge in [0.05, 0.1) is 5.69 Å². The molecule has 0 saturated carbocycles. The van der Waals surface area contributed by atoms with Crippen molar-refractivity contribution in [2.24, 2.45) is 12.8 Å². The molecular weight excluding hydrogens is 164 g/mol. The van der Waals surface area contributed by atoms with Gasteiger partial charge in [-0.05, 0) is 13.8 Å². The second-order valence-electron chi connectivity index (χ2n) is 2.99. The van der Waals surface area contributed by atoms with Crippen LogP contribution in [0.3, 0.4) is 0 Å². The fourth-order valence-corrected chi connectivity index (χ4v) is 1.46. The number of rotatable bonds is 4. The number of anilines is 1. The molecule has 0 atom stereocenters. The Balaban J connectivity index is 2.91. The highest BCUT2D eigenvalue weighted by Gasteiger charge is 2.08. The van der Waals surface area contributed by atoms with E-state index in [0.29, 0.717) is 6.54 Å². The Kier molecular flexibility index (Phi) is 3.31. The largest absolute Gasteiger partial charge is 0.357 e. The topological polar surface area (TPSA) is 47.1 Å². The zero-order chi connectivity index (χ0) is 9.84. The van der Waals surface area contributed by atoms with E-state index in [1.165, 1.54) is 0 Å². The lowest BCUT2D eigenvalue weighted by atomic mass is 10.4. The molecule has 0 aliphatic heterocycles. The second-order valence-corrected chi connectivity index (χ2v) is 2.99. The van der Waals surface area contributed by atoms with E-state index in [1.807, 2.05) is 17.8 Å². The molecule has 1 heterocycles. The summed E-state index contributed by atoms with van der Waals surface area (Å²) >= 11 is 0. The molecule has 0 bridgehead atoms. The molecule has 0 aliphatic rings. The summed E-state index contributed by atoms with van der Waals surface area (Å²) in [5, 5.41) is 4.30. The minimum absolute atomic E-state index is 0.509. The normalized spacial score (nSPS) is 10.5. The standard InChI is InChI=1S/C9H18N4/c1-4-13(5-2)9-6-8(7-10)11-12(9)3/h6H,4-5,7,10H2,1-3H3. The fourth-order valence-electron chi connectivity index (χ4n) is 1.46. The molecular formula is C9H18N4. The van der Waals surface area contributed by atoms with E-state index >= 15 is 0 Å². The minimum Gasteiger partial charge on any atom is -0.357 e. The van der Waals surface area contributed by atoms with E-state index in [2.05, 4.69) is 23.8 Å². The van der Waals surface area contributed by atoms with Crippen LogP contribution in [-0.2, 0) is 13.6 Å². The maximum atomic E-state index is 5.52. The van der Waals surface area contributed by atoms with Crippen LogP contribution >= 0.6 is 0 Å². The zero-order valence-electron chi connectivity index (χ0n) is 8.62. The van der Waals surface area contributed by atoms with E-state index in [0.717, 1.165) is 24.6 Å². The Bertz CT molecular complexity index is 263. The van der Waals surface area contributed by atoms with Crippen LogP contribution in [0.2, 0.25) is 0 Å². The molecule has 4 heteroatoms. The summed E-state index contributed by atoms with van der Waals surface area (Å²) in [7, 11) is 1.95. The predicted octanol–water partition coefficient (Wildman–Crippen LogP) is 0.725. The van der Waals surface area contributed by atoms with Crippen LogP contribution in [-0.4, -0.2) is 22.9 Å².